The van der Waals surface area contributed by atoms with Crippen LogP contribution in [0.4, 0.5) is 15.9 Å². The van der Waals surface area contributed by atoms with E-state index < -0.39 is 5.82 Å². The van der Waals surface area contributed by atoms with Gasteiger partial charge in [0.2, 0.25) is 0 Å². The molecule has 0 bridgehead atoms. The summed E-state index contributed by atoms with van der Waals surface area (Å²) in [6.07, 6.45) is 5.40. The van der Waals surface area contributed by atoms with Gasteiger partial charge < -0.3 is 24.8 Å². The summed E-state index contributed by atoms with van der Waals surface area (Å²) in [5.41, 5.74) is 3.67. The van der Waals surface area contributed by atoms with E-state index in [1.165, 1.54) is 0 Å². The molecule has 0 unspecified atom stereocenters. The molecular formula is C27H30FN9O. The molecule has 0 radical (unpaired) electrons. The molecule has 0 amide bonds. The van der Waals surface area contributed by atoms with Gasteiger partial charge in [-0.3, -0.25) is 10.1 Å². The predicted molar refractivity (Wildman–Crippen MR) is 149 cm³/mol. The van der Waals surface area contributed by atoms with Gasteiger partial charge in [-0.15, -0.1) is 0 Å². The normalized spacial score (nSPS) is 14.7. The molecule has 1 fully saturated rings. The van der Waals surface area contributed by atoms with Crippen molar-refractivity contribution in [1.29, 1.82) is 0 Å². The van der Waals surface area contributed by atoms with Crippen LogP contribution in [0.25, 0.3) is 10.9 Å². The lowest BCUT2D eigenvalue weighted by Gasteiger charge is -2.37. The average Bonchev–Trinajstić information content (AvgIpc) is 3.53. The zero-order valence-electron chi connectivity index (χ0n) is 21.4. The molecule has 4 heterocycles. The van der Waals surface area contributed by atoms with Gasteiger partial charge in [-0.2, -0.15) is 5.10 Å². The van der Waals surface area contributed by atoms with Gasteiger partial charge in [-0.25, -0.2) is 14.4 Å². The number of hydrogen-bond acceptors (Lipinski definition) is 7. The molecule has 1 aliphatic heterocycles. The summed E-state index contributed by atoms with van der Waals surface area (Å²) in [7, 11) is 0. The van der Waals surface area contributed by atoms with Gasteiger partial charge in [0, 0.05) is 78.7 Å². The smallest absolute Gasteiger partial charge is 0.181 e. The van der Waals surface area contributed by atoms with Crippen molar-refractivity contribution in [3.63, 3.8) is 0 Å². The molecule has 0 atom stereocenters. The van der Waals surface area contributed by atoms with Gasteiger partial charge in [0.15, 0.2) is 24.1 Å². The number of fused-ring (bicyclic) bond motifs is 1. The number of aliphatic imine (C=N–C) groups is 2. The number of aryl methyl sites for hydroxylation is 2. The zero-order chi connectivity index (χ0) is 26.5. The molecular weight excluding hydrogens is 485 g/mol. The Balaban J connectivity index is 1.35. The number of pyridine rings is 1. The van der Waals surface area contributed by atoms with E-state index in [1.54, 1.807) is 36.7 Å². The Hall–Kier alpha value is -4.67. The van der Waals surface area contributed by atoms with Gasteiger partial charge in [0.1, 0.15) is 11.7 Å². The molecule has 11 heteroatoms. The van der Waals surface area contributed by atoms with Gasteiger partial charge in [0.25, 0.3) is 0 Å². The van der Waals surface area contributed by atoms with Gasteiger partial charge in [0.05, 0.1) is 0 Å². The van der Waals surface area contributed by atoms with Crippen molar-refractivity contribution in [1.82, 2.24) is 25.1 Å². The number of piperazine rings is 1. The van der Waals surface area contributed by atoms with Crippen LogP contribution in [0.3, 0.4) is 0 Å². The minimum absolute atomic E-state index is 0.0613. The first-order valence-corrected chi connectivity index (χ1v) is 12.3. The Labute approximate surface area is 220 Å². The molecule has 38 heavy (non-hydrogen) atoms. The Kier molecular flexibility index (Phi) is 7.34. The summed E-state index contributed by atoms with van der Waals surface area (Å²) < 4.78 is 20.8. The van der Waals surface area contributed by atoms with E-state index in [2.05, 4.69) is 52.0 Å². The van der Waals surface area contributed by atoms with E-state index in [0.29, 0.717) is 22.9 Å². The number of rotatable bonds is 8. The van der Waals surface area contributed by atoms with Crippen molar-refractivity contribution >= 4 is 35.0 Å². The molecule has 3 aromatic heterocycles. The first-order valence-electron chi connectivity index (χ1n) is 12.3. The van der Waals surface area contributed by atoms with Crippen LogP contribution in [0.1, 0.15) is 11.4 Å². The van der Waals surface area contributed by atoms with Crippen LogP contribution in [0.15, 0.2) is 70.7 Å². The molecule has 1 aromatic carbocycles. The number of nitrogens with zero attached hydrogens (tertiary/aromatic N) is 6. The van der Waals surface area contributed by atoms with E-state index in [0.717, 1.165) is 48.8 Å². The van der Waals surface area contributed by atoms with Crippen molar-refractivity contribution in [2.24, 2.45) is 9.98 Å². The fourth-order valence-electron chi connectivity index (χ4n) is 4.41. The average molecular weight is 516 g/mol. The van der Waals surface area contributed by atoms with Gasteiger partial charge >= 0.3 is 0 Å². The minimum atomic E-state index is -0.408. The fourth-order valence-corrected chi connectivity index (χ4v) is 4.41. The Morgan fingerprint density at radius 1 is 1.13 bits per heavy atom. The number of amidine groups is 1. The van der Waals surface area contributed by atoms with Crippen LogP contribution >= 0.6 is 0 Å². The fraction of sp³-hybridized carbons (Fsp3) is 0.259. The number of aromatic nitrogens is 4. The highest BCUT2D eigenvalue weighted by molar-refractivity contribution is 5.94. The highest BCUT2D eigenvalue weighted by atomic mass is 19.1. The van der Waals surface area contributed by atoms with Crippen molar-refractivity contribution in [2.45, 2.75) is 13.8 Å². The summed E-state index contributed by atoms with van der Waals surface area (Å²) in [6.45, 7) is 10.5. The zero-order valence-corrected chi connectivity index (χ0v) is 21.4. The molecule has 0 saturated carbocycles. The minimum Gasteiger partial charge on any atom is -0.468 e. The molecule has 3 N–H and O–H groups in total. The monoisotopic (exact) mass is 515 g/mol. The van der Waals surface area contributed by atoms with Crippen molar-refractivity contribution < 1.29 is 9.13 Å². The molecule has 196 valence electrons. The number of ether oxygens (including phenoxy) is 1. The standard InChI is InChI=1S/C27H30FN9O/c1-18-14-21-22(32-18)4-5-23(27(21)28)38-17-31-26(16-24(29-3)33-25-15-19(2)34-35-25)37-12-10-36(11-13-37)20-6-8-30-9-7-20/h4-9,14-16,32H,3,10-13,17H2,1-2H3,(H2,33,34,35)/b24-16+,31-26+. The molecule has 5 rings (SSSR count). The van der Waals surface area contributed by atoms with Gasteiger partial charge in [-0.1, -0.05) is 0 Å². The highest BCUT2D eigenvalue weighted by Gasteiger charge is 2.20. The van der Waals surface area contributed by atoms with Crippen LogP contribution in [-0.2, 0) is 0 Å². The Bertz CT molecular complexity index is 1470. The third-order valence-corrected chi connectivity index (χ3v) is 6.31. The molecule has 1 saturated heterocycles. The number of halogens is 1. The second-order valence-corrected chi connectivity index (χ2v) is 9.01. The van der Waals surface area contributed by atoms with E-state index >= 15 is 4.39 Å². The summed E-state index contributed by atoms with van der Waals surface area (Å²) in [5.74, 6) is 1.51. The lowest BCUT2D eigenvalue weighted by molar-refractivity contribution is 0.309. The van der Waals surface area contributed by atoms with Crippen molar-refractivity contribution in [3.05, 3.63) is 77.9 Å². The molecule has 4 aromatic rings. The Morgan fingerprint density at radius 3 is 2.63 bits per heavy atom. The second-order valence-electron chi connectivity index (χ2n) is 9.01. The first-order chi connectivity index (χ1) is 18.5. The molecule has 0 aliphatic carbocycles. The number of aromatic amines is 2. The van der Waals surface area contributed by atoms with E-state index in [1.807, 2.05) is 32.0 Å². The van der Waals surface area contributed by atoms with Crippen molar-refractivity contribution in [3.8, 4) is 5.75 Å². The van der Waals surface area contributed by atoms with Crippen LogP contribution in [0.2, 0.25) is 0 Å². The van der Waals surface area contributed by atoms with Crippen LogP contribution in [-0.4, -0.2) is 70.5 Å². The topological polar surface area (TPSA) is 110 Å². The van der Waals surface area contributed by atoms with Crippen molar-refractivity contribution in [2.75, 3.05) is 43.1 Å². The molecule has 0 spiro atoms. The quantitative estimate of drug-likeness (QED) is 0.239. The second kappa shape index (κ2) is 11.2. The summed E-state index contributed by atoms with van der Waals surface area (Å²) in [4.78, 5) is 20.5. The molecule has 1 aliphatic rings. The predicted octanol–water partition coefficient (Wildman–Crippen LogP) is 4.25. The summed E-state index contributed by atoms with van der Waals surface area (Å²) in [6, 6.07) is 11.1. The third kappa shape index (κ3) is 5.66. The largest absolute Gasteiger partial charge is 0.468 e. The Morgan fingerprint density at radius 2 is 1.92 bits per heavy atom. The number of benzene rings is 1. The summed E-state index contributed by atoms with van der Waals surface area (Å²) in [5, 5.41) is 10.8. The maximum atomic E-state index is 15.0. The lowest BCUT2D eigenvalue weighted by atomic mass is 10.2. The number of hydrogen-bond donors (Lipinski definition) is 3. The van der Waals surface area contributed by atoms with E-state index in [-0.39, 0.29) is 12.5 Å². The van der Waals surface area contributed by atoms with Gasteiger partial charge in [-0.05, 0) is 50.9 Å². The first kappa shape index (κ1) is 25.0. The number of anilines is 2. The van der Waals surface area contributed by atoms with E-state index in [4.69, 9.17) is 4.74 Å². The van der Waals surface area contributed by atoms with Crippen LogP contribution < -0.4 is 15.0 Å². The number of H-pyrrole nitrogens is 2. The maximum Gasteiger partial charge on any atom is 0.181 e. The maximum absolute atomic E-state index is 15.0. The third-order valence-electron chi connectivity index (χ3n) is 6.31. The van der Waals surface area contributed by atoms with E-state index in [9.17, 15) is 0 Å². The highest BCUT2D eigenvalue weighted by Crippen LogP contribution is 2.27. The summed E-state index contributed by atoms with van der Waals surface area (Å²) >= 11 is 0. The SMILES string of the molecule is C=N/C(=C\C(=N/COc1ccc2[nH]c(C)cc2c1F)N1CCN(c2ccncc2)CC1)Nc1cc(C)[nH]n1. The number of nitrogens with one attached hydrogen (secondary N) is 3. The van der Waals surface area contributed by atoms with Crippen LogP contribution in [0.5, 0.6) is 5.75 Å². The van der Waals surface area contributed by atoms with Crippen LogP contribution in [0, 0.1) is 19.7 Å². The molecule has 10 nitrogen and oxygen atoms in total. The lowest BCUT2D eigenvalue weighted by Crippen LogP contribution is -2.48.